The summed E-state index contributed by atoms with van der Waals surface area (Å²) in [5.41, 5.74) is 11.3. The van der Waals surface area contributed by atoms with Crippen LogP contribution in [-0.2, 0) is 0 Å². The van der Waals surface area contributed by atoms with Crippen molar-refractivity contribution in [1.29, 1.82) is 0 Å². The first-order chi connectivity index (χ1) is 12.6. The van der Waals surface area contributed by atoms with Crippen molar-refractivity contribution in [1.82, 2.24) is 14.6 Å². The van der Waals surface area contributed by atoms with Crippen molar-refractivity contribution in [3.63, 3.8) is 0 Å². The number of hydrogen-bond acceptors (Lipinski definition) is 5. The molecular weight excluding hydrogens is 324 g/mol. The summed E-state index contributed by atoms with van der Waals surface area (Å²) in [4.78, 5) is 4.46. The first-order valence-corrected chi connectivity index (χ1v) is 9.29. The van der Waals surface area contributed by atoms with Gasteiger partial charge in [-0.1, -0.05) is 12.1 Å². The summed E-state index contributed by atoms with van der Waals surface area (Å²) in [6, 6.07) is 9.24. The lowest BCUT2D eigenvalue weighted by atomic mass is 9.92. The van der Waals surface area contributed by atoms with E-state index in [2.05, 4.69) is 58.8 Å². The number of nitrogens with zero attached hydrogens (tertiary/aromatic N) is 3. The summed E-state index contributed by atoms with van der Waals surface area (Å²) in [6.45, 7) is 4.21. The van der Waals surface area contributed by atoms with E-state index in [9.17, 15) is 0 Å². The molecule has 1 aromatic carbocycles. The molecular formula is C20H26N6. The van der Waals surface area contributed by atoms with Gasteiger partial charge in [0.25, 0.3) is 0 Å². The number of nitrogens with one attached hydrogen (secondary N) is 2. The molecule has 6 heteroatoms. The molecule has 0 spiro atoms. The molecule has 0 amide bonds. The van der Waals surface area contributed by atoms with Crippen molar-refractivity contribution in [3.05, 3.63) is 47.8 Å². The van der Waals surface area contributed by atoms with Gasteiger partial charge in [0.05, 0.1) is 5.69 Å². The molecule has 4 N–H and O–H groups in total. The third kappa shape index (κ3) is 3.51. The third-order valence-electron chi connectivity index (χ3n) is 5.15. The molecule has 1 aliphatic rings. The van der Waals surface area contributed by atoms with Gasteiger partial charge < -0.3 is 16.4 Å². The van der Waals surface area contributed by atoms with Crippen LogP contribution in [0.25, 0.3) is 5.65 Å². The fourth-order valence-corrected chi connectivity index (χ4v) is 3.57. The van der Waals surface area contributed by atoms with Crippen molar-refractivity contribution < 1.29 is 0 Å². The van der Waals surface area contributed by atoms with E-state index in [0.717, 1.165) is 48.5 Å². The van der Waals surface area contributed by atoms with Gasteiger partial charge in [-0.2, -0.15) is 0 Å². The standard InChI is InChI=1S/C20H26N6/c1-13-3-4-14(2)17(11-13)24-18-12-19(25-26-10-9-22-20(18)26)23-16-7-5-15(21)6-8-16/h3-4,9-12,15-16,24H,5-8,21H2,1-2H3,(H,23,25). The molecule has 2 aromatic heterocycles. The monoisotopic (exact) mass is 350 g/mol. The smallest absolute Gasteiger partial charge is 0.177 e. The molecule has 1 saturated carbocycles. The van der Waals surface area contributed by atoms with Crippen LogP contribution in [-0.4, -0.2) is 26.7 Å². The van der Waals surface area contributed by atoms with E-state index >= 15 is 0 Å². The lowest BCUT2D eigenvalue weighted by molar-refractivity contribution is 0.410. The first-order valence-electron chi connectivity index (χ1n) is 9.29. The molecule has 0 bridgehead atoms. The minimum Gasteiger partial charge on any atom is -0.366 e. The average molecular weight is 350 g/mol. The number of aromatic nitrogens is 3. The Labute approximate surface area is 153 Å². The molecule has 0 atom stereocenters. The lowest BCUT2D eigenvalue weighted by Gasteiger charge is -2.27. The Bertz CT molecular complexity index is 908. The van der Waals surface area contributed by atoms with Gasteiger partial charge in [0.15, 0.2) is 5.65 Å². The topological polar surface area (TPSA) is 80.3 Å². The van der Waals surface area contributed by atoms with Gasteiger partial charge in [-0.15, -0.1) is 5.10 Å². The highest BCUT2D eigenvalue weighted by Crippen LogP contribution is 2.27. The van der Waals surface area contributed by atoms with Crippen LogP contribution in [0.1, 0.15) is 36.8 Å². The summed E-state index contributed by atoms with van der Waals surface area (Å²) in [7, 11) is 0. The zero-order chi connectivity index (χ0) is 18.1. The predicted octanol–water partition coefficient (Wildman–Crippen LogP) is 3.77. The number of rotatable bonds is 4. The number of aryl methyl sites for hydroxylation is 2. The molecule has 1 aliphatic carbocycles. The molecule has 0 unspecified atom stereocenters. The van der Waals surface area contributed by atoms with Gasteiger partial charge in [-0.3, -0.25) is 0 Å². The molecule has 0 saturated heterocycles. The van der Waals surface area contributed by atoms with E-state index in [1.54, 1.807) is 6.20 Å². The Hall–Kier alpha value is -2.60. The van der Waals surface area contributed by atoms with E-state index in [1.807, 2.05) is 10.7 Å². The predicted molar refractivity (Wildman–Crippen MR) is 106 cm³/mol. The molecule has 1 fully saturated rings. The van der Waals surface area contributed by atoms with Gasteiger partial charge >= 0.3 is 0 Å². The molecule has 136 valence electrons. The molecule has 26 heavy (non-hydrogen) atoms. The minimum atomic E-state index is 0.346. The number of nitrogens with two attached hydrogens (primary N) is 1. The van der Waals surface area contributed by atoms with E-state index in [-0.39, 0.29) is 0 Å². The molecule has 0 radical (unpaired) electrons. The number of hydrogen-bond donors (Lipinski definition) is 3. The van der Waals surface area contributed by atoms with Gasteiger partial charge in [0, 0.05) is 36.2 Å². The van der Waals surface area contributed by atoms with Gasteiger partial charge in [-0.05, 0) is 56.7 Å². The van der Waals surface area contributed by atoms with E-state index in [0.29, 0.717) is 12.1 Å². The van der Waals surface area contributed by atoms with E-state index < -0.39 is 0 Å². The normalized spacial score (nSPS) is 20.3. The van der Waals surface area contributed by atoms with Crippen LogP contribution in [0.3, 0.4) is 0 Å². The summed E-state index contributed by atoms with van der Waals surface area (Å²) in [6.07, 6.45) is 7.97. The third-order valence-corrected chi connectivity index (χ3v) is 5.15. The molecule has 4 rings (SSSR count). The Morgan fingerprint density at radius 1 is 1.08 bits per heavy atom. The average Bonchev–Trinajstić information content (AvgIpc) is 3.09. The maximum atomic E-state index is 6.02. The second kappa shape index (κ2) is 6.96. The van der Waals surface area contributed by atoms with Crippen molar-refractivity contribution in [3.8, 4) is 0 Å². The number of fused-ring (bicyclic) bond motifs is 1. The maximum Gasteiger partial charge on any atom is 0.177 e. The summed E-state index contributed by atoms with van der Waals surface area (Å²) in [5.74, 6) is 0.865. The zero-order valence-corrected chi connectivity index (χ0v) is 15.4. The van der Waals surface area contributed by atoms with Gasteiger partial charge in [-0.25, -0.2) is 9.50 Å². The van der Waals surface area contributed by atoms with Gasteiger partial charge in [0.1, 0.15) is 5.82 Å². The fraction of sp³-hybridized carbons (Fsp3) is 0.400. The zero-order valence-electron chi connectivity index (χ0n) is 15.4. The highest BCUT2D eigenvalue weighted by molar-refractivity contribution is 5.77. The van der Waals surface area contributed by atoms with Crippen LogP contribution >= 0.6 is 0 Å². The first kappa shape index (κ1) is 16.8. The Balaban J connectivity index is 1.63. The van der Waals surface area contributed by atoms with Crippen LogP contribution in [0.5, 0.6) is 0 Å². The van der Waals surface area contributed by atoms with Gasteiger partial charge in [0.2, 0.25) is 0 Å². The summed E-state index contributed by atoms with van der Waals surface area (Å²) >= 11 is 0. The van der Waals surface area contributed by atoms with Crippen LogP contribution in [0.15, 0.2) is 36.7 Å². The van der Waals surface area contributed by atoms with E-state index in [4.69, 9.17) is 5.73 Å². The molecule has 0 aliphatic heterocycles. The Morgan fingerprint density at radius 3 is 2.69 bits per heavy atom. The van der Waals surface area contributed by atoms with Crippen molar-refractivity contribution >= 4 is 22.8 Å². The fourth-order valence-electron chi connectivity index (χ4n) is 3.57. The van der Waals surface area contributed by atoms with Crippen molar-refractivity contribution in [2.45, 2.75) is 51.6 Å². The number of imidazole rings is 1. The Kier molecular flexibility index (Phi) is 4.51. The minimum absolute atomic E-state index is 0.346. The molecule has 3 aromatic rings. The second-order valence-electron chi connectivity index (χ2n) is 7.34. The van der Waals surface area contributed by atoms with Crippen LogP contribution in [0.2, 0.25) is 0 Å². The largest absolute Gasteiger partial charge is 0.366 e. The van der Waals surface area contributed by atoms with Crippen LogP contribution in [0, 0.1) is 13.8 Å². The second-order valence-corrected chi connectivity index (χ2v) is 7.34. The lowest BCUT2D eigenvalue weighted by Crippen LogP contribution is -2.33. The quantitative estimate of drug-likeness (QED) is 0.667. The maximum absolute atomic E-state index is 6.02. The van der Waals surface area contributed by atoms with Crippen LogP contribution in [0.4, 0.5) is 17.2 Å². The van der Waals surface area contributed by atoms with Crippen molar-refractivity contribution in [2.24, 2.45) is 5.73 Å². The SMILES string of the molecule is Cc1ccc(C)c(Nc2cc(NC3CCC(N)CC3)nn3ccnc23)c1. The molecule has 6 nitrogen and oxygen atoms in total. The highest BCUT2D eigenvalue weighted by Gasteiger charge is 2.19. The number of anilines is 3. The Morgan fingerprint density at radius 2 is 1.88 bits per heavy atom. The number of benzene rings is 1. The van der Waals surface area contributed by atoms with Crippen molar-refractivity contribution in [2.75, 3.05) is 10.6 Å². The summed E-state index contributed by atoms with van der Waals surface area (Å²) in [5, 5.41) is 11.8. The van der Waals surface area contributed by atoms with E-state index in [1.165, 1.54) is 11.1 Å². The summed E-state index contributed by atoms with van der Waals surface area (Å²) < 4.78 is 1.82. The van der Waals surface area contributed by atoms with Crippen LogP contribution < -0.4 is 16.4 Å². The molecule has 2 heterocycles. The highest BCUT2D eigenvalue weighted by atomic mass is 15.3.